The minimum Gasteiger partial charge on any atom is -0.508 e. The van der Waals surface area contributed by atoms with Gasteiger partial charge in [0.05, 0.1) is 10.7 Å². The number of rotatable bonds is 23. The maximum Gasteiger partial charge on any atom is 0.301 e. The number of phenolic OH excluding ortho intramolecular Hbond substituents is 1. The molecule has 0 bridgehead atoms. The number of carbonyl (C=O) groups excluding carboxylic acids is 1. The molecular weight excluding hydrogens is 718 g/mol. The number of hydrogen-bond donors (Lipinski definition) is 4. The quantitative estimate of drug-likeness (QED) is 0.0330. The Morgan fingerprint density at radius 1 is 0.830 bits per heavy atom. The van der Waals surface area contributed by atoms with Gasteiger partial charge < -0.3 is 15.2 Å². The van der Waals surface area contributed by atoms with Crippen LogP contribution in [0.1, 0.15) is 110 Å². The van der Waals surface area contributed by atoms with Gasteiger partial charge in [-0.15, -0.1) is 10.2 Å². The summed E-state index contributed by atoms with van der Waals surface area (Å²) in [6, 6.07) is 16.2. The largest absolute Gasteiger partial charge is 0.508 e. The summed E-state index contributed by atoms with van der Waals surface area (Å²) in [6.45, 7) is 2.24. The van der Waals surface area contributed by atoms with E-state index < -0.39 is 20.6 Å². The average Bonchev–Trinajstić information content (AvgIpc) is 3.43. The van der Waals surface area contributed by atoms with Crippen molar-refractivity contribution in [3.05, 3.63) is 82.1 Å². The number of unbranched alkanes of at least 4 members (excludes halogenated alkanes) is 14. The molecule has 0 aliphatic rings. The van der Waals surface area contributed by atoms with Crippen molar-refractivity contribution < 1.29 is 27.6 Å². The number of amides is 1. The van der Waals surface area contributed by atoms with Crippen molar-refractivity contribution in [2.75, 3.05) is 5.32 Å². The van der Waals surface area contributed by atoms with Crippen LogP contribution in [0.3, 0.4) is 0 Å². The third-order valence-electron chi connectivity index (χ3n) is 8.76. The first-order valence-corrected chi connectivity index (χ1v) is 20.3. The molecule has 4 N–H and O–H groups in total. The van der Waals surface area contributed by atoms with Crippen molar-refractivity contribution in [3.63, 3.8) is 0 Å². The van der Waals surface area contributed by atoms with E-state index in [1.807, 2.05) is 0 Å². The van der Waals surface area contributed by atoms with E-state index >= 15 is 0 Å². The van der Waals surface area contributed by atoms with Gasteiger partial charge in [-0.2, -0.15) is 8.42 Å². The number of azo groups is 1. The van der Waals surface area contributed by atoms with Crippen molar-refractivity contribution in [1.29, 1.82) is 0 Å². The summed E-state index contributed by atoms with van der Waals surface area (Å²) in [7, 11) is -4.80. The Labute approximate surface area is 316 Å². The Hall–Kier alpha value is -4.46. The number of nitrogens with one attached hydrogen (secondary N) is 2. The second kappa shape index (κ2) is 21.3. The van der Waals surface area contributed by atoms with Gasteiger partial charge in [0.1, 0.15) is 27.8 Å². The number of phenols is 1. The number of aromatic amines is 1. The molecule has 14 heteroatoms. The van der Waals surface area contributed by atoms with Crippen LogP contribution in [0, 0.1) is 0 Å². The first kappa shape index (κ1) is 41.3. The number of carbonyl (C=O) groups is 1. The maximum absolute atomic E-state index is 13.7. The molecule has 0 spiro atoms. The van der Waals surface area contributed by atoms with Crippen LogP contribution in [-0.2, 0) is 14.9 Å². The highest BCUT2D eigenvalue weighted by Gasteiger charge is 2.22. The zero-order chi connectivity index (χ0) is 38.1. The molecule has 0 aliphatic heterocycles. The lowest BCUT2D eigenvalue weighted by atomic mass is 10.0. The molecule has 12 nitrogen and oxygen atoms in total. The van der Waals surface area contributed by atoms with Crippen molar-refractivity contribution in [3.8, 4) is 22.9 Å². The monoisotopic (exact) mass is 767 g/mol. The average molecular weight is 768 g/mol. The number of H-pyrrole nitrogens is 1. The molecule has 0 aliphatic carbocycles. The molecule has 0 saturated heterocycles. The third-order valence-corrected chi connectivity index (χ3v) is 9.94. The molecule has 1 aromatic heterocycles. The van der Waals surface area contributed by atoms with Gasteiger partial charge in [-0.1, -0.05) is 127 Å². The minimum absolute atomic E-state index is 0.00469. The van der Waals surface area contributed by atoms with Crippen LogP contribution in [-0.4, -0.2) is 33.8 Å². The molecule has 1 heterocycles. The molecular formula is C39H50ClN5O7S. The Kier molecular flexibility index (Phi) is 16.6. The van der Waals surface area contributed by atoms with Gasteiger partial charge in [-0.05, 0) is 48.9 Å². The van der Waals surface area contributed by atoms with E-state index in [0.29, 0.717) is 12.2 Å². The highest BCUT2D eigenvalue weighted by atomic mass is 35.5. The van der Waals surface area contributed by atoms with Crippen LogP contribution in [0.4, 0.5) is 17.2 Å². The summed E-state index contributed by atoms with van der Waals surface area (Å²) in [5.74, 6) is -0.341. The summed E-state index contributed by atoms with van der Waals surface area (Å²) in [4.78, 5) is 26.1. The summed E-state index contributed by atoms with van der Waals surface area (Å²) in [5, 5.41) is 23.4. The molecule has 53 heavy (non-hydrogen) atoms. The number of anilines is 1. The number of ether oxygens (including phenoxy) is 1. The minimum atomic E-state index is -4.80. The Bertz CT molecular complexity index is 1960. The number of aromatic nitrogens is 2. The van der Waals surface area contributed by atoms with Crippen LogP contribution >= 0.6 is 11.6 Å². The van der Waals surface area contributed by atoms with E-state index in [9.17, 15) is 27.7 Å². The highest BCUT2D eigenvalue weighted by molar-refractivity contribution is 7.86. The second-order valence-electron chi connectivity index (χ2n) is 13.1. The summed E-state index contributed by atoms with van der Waals surface area (Å²) < 4.78 is 41.5. The fourth-order valence-corrected chi connectivity index (χ4v) is 6.71. The summed E-state index contributed by atoms with van der Waals surface area (Å²) in [6.07, 6.45) is 18.3. The van der Waals surface area contributed by atoms with Gasteiger partial charge in [0, 0.05) is 12.5 Å². The Morgan fingerprint density at radius 2 is 1.43 bits per heavy atom. The predicted octanol–water partition coefficient (Wildman–Crippen LogP) is 11.2. The first-order chi connectivity index (χ1) is 25.6. The zero-order valence-corrected chi connectivity index (χ0v) is 31.8. The number of benzene rings is 3. The van der Waals surface area contributed by atoms with Crippen LogP contribution in [0.15, 0.2) is 86.6 Å². The standard InChI is InChI=1S/C39H50ClN5O7S/c1-2-3-4-5-6-7-8-9-10-11-12-13-14-15-19-22-36(47)41-38-37(43-42-33-25-24-30(46)28-32(33)40)39(48)45(44-38)29-23-26-34(35(27-29)53(49,50)51)52-31-20-17-16-18-21-31/h16-18,20-21,23-28,44,46H,2-15,19,22H2,1H3,(H,41,47)(H,49,50,51). The van der Waals surface area contributed by atoms with Crippen LogP contribution < -0.4 is 15.6 Å². The molecule has 286 valence electrons. The van der Waals surface area contributed by atoms with E-state index in [-0.39, 0.29) is 51.7 Å². The number of para-hydroxylation sites is 1. The number of aromatic hydroxyl groups is 1. The van der Waals surface area contributed by atoms with E-state index in [1.165, 1.54) is 101 Å². The van der Waals surface area contributed by atoms with Crippen molar-refractivity contribution in [2.45, 2.75) is 115 Å². The fraction of sp³-hybridized carbons (Fsp3) is 0.436. The SMILES string of the molecule is CCCCCCCCCCCCCCCCCC(=O)Nc1[nH]n(-c2ccc(Oc3ccccc3)c(S(=O)(=O)O)c2)c(=O)c1N=Nc1ccc(O)cc1Cl. The Morgan fingerprint density at radius 3 is 2.02 bits per heavy atom. The van der Waals surface area contributed by atoms with Crippen LogP contribution in [0.2, 0.25) is 5.02 Å². The number of halogens is 1. The normalized spacial score (nSPS) is 11.7. The van der Waals surface area contributed by atoms with Crippen LogP contribution in [0.25, 0.3) is 5.69 Å². The zero-order valence-electron chi connectivity index (χ0n) is 30.2. The molecule has 0 radical (unpaired) electrons. The maximum atomic E-state index is 13.7. The van der Waals surface area contributed by atoms with Crippen molar-refractivity contribution >= 4 is 44.8 Å². The van der Waals surface area contributed by atoms with Gasteiger partial charge in [-0.25, -0.2) is 4.68 Å². The predicted molar refractivity (Wildman–Crippen MR) is 208 cm³/mol. The molecule has 1 amide bonds. The number of hydrogen-bond acceptors (Lipinski definition) is 8. The second-order valence-corrected chi connectivity index (χ2v) is 14.9. The molecule has 0 unspecified atom stereocenters. The number of nitrogens with zero attached hydrogens (tertiary/aromatic N) is 3. The lowest BCUT2D eigenvalue weighted by Gasteiger charge is -2.11. The van der Waals surface area contributed by atoms with Gasteiger partial charge in [-0.3, -0.25) is 19.2 Å². The van der Waals surface area contributed by atoms with Gasteiger partial charge in [0.25, 0.3) is 10.1 Å². The summed E-state index contributed by atoms with van der Waals surface area (Å²) in [5.41, 5.74) is -0.895. The van der Waals surface area contributed by atoms with Gasteiger partial charge in [0.2, 0.25) is 5.91 Å². The molecule has 0 atom stereocenters. The summed E-state index contributed by atoms with van der Waals surface area (Å²) >= 11 is 6.18. The molecule has 4 rings (SSSR count). The van der Waals surface area contributed by atoms with E-state index in [0.717, 1.165) is 30.0 Å². The van der Waals surface area contributed by atoms with Gasteiger partial charge >= 0.3 is 5.56 Å². The fourth-order valence-electron chi connectivity index (χ4n) is 5.87. The van der Waals surface area contributed by atoms with E-state index in [4.69, 9.17) is 16.3 Å². The van der Waals surface area contributed by atoms with E-state index in [1.54, 1.807) is 30.3 Å². The Balaban J connectivity index is 1.40. The first-order valence-electron chi connectivity index (χ1n) is 18.5. The van der Waals surface area contributed by atoms with Crippen LogP contribution in [0.5, 0.6) is 17.2 Å². The van der Waals surface area contributed by atoms with Gasteiger partial charge in [0.15, 0.2) is 11.5 Å². The lowest BCUT2D eigenvalue weighted by Crippen LogP contribution is -2.15. The van der Waals surface area contributed by atoms with Crippen molar-refractivity contribution in [2.24, 2.45) is 10.2 Å². The molecule has 0 saturated carbocycles. The molecule has 0 fully saturated rings. The van der Waals surface area contributed by atoms with E-state index in [2.05, 4.69) is 27.6 Å². The molecule has 4 aromatic rings. The topological polar surface area (TPSA) is 175 Å². The lowest BCUT2D eigenvalue weighted by molar-refractivity contribution is -0.116. The van der Waals surface area contributed by atoms with Crippen molar-refractivity contribution in [1.82, 2.24) is 9.78 Å². The molecule has 3 aromatic carbocycles. The smallest absolute Gasteiger partial charge is 0.301 e. The third kappa shape index (κ3) is 13.5. The highest BCUT2D eigenvalue weighted by Crippen LogP contribution is 2.33.